The van der Waals surface area contributed by atoms with Gasteiger partial charge in [0, 0.05) is 37.9 Å². The fourth-order valence-electron chi connectivity index (χ4n) is 3.89. The average molecular weight is 345 g/mol. The van der Waals surface area contributed by atoms with Crippen molar-refractivity contribution < 1.29 is 9.53 Å². The number of nitrogens with zero attached hydrogens (tertiary/aromatic N) is 2. The summed E-state index contributed by atoms with van der Waals surface area (Å²) in [5, 5.41) is 3.07. The Kier molecular flexibility index (Phi) is 5.97. The Labute approximate surface area is 151 Å². The minimum atomic E-state index is 0.0770. The standard InChI is InChI=1S/C20H31N3O2/c1-15(2)12-22-8-9-25-18(13-22)11-21-20(24)14-23-16(3)10-17-6-4-5-7-19(17)23/h4-7,15-16,18H,8-14H2,1-3H3,(H,21,24)/t16-,18-/m0/s1. The molecule has 2 aliphatic rings. The van der Waals surface area contributed by atoms with Gasteiger partial charge in [-0.15, -0.1) is 0 Å². The fraction of sp³-hybridized carbons (Fsp3) is 0.650. The molecule has 5 heteroatoms. The molecule has 1 aromatic carbocycles. The van der Waals surface area contributed by atoms with Gasteiger partial charge in [0.15, 0.2) is 0 Å². The van der Waals surface area contributed by atoms with Crippen LogP contribution in [0, 0.1) is 5.92 Å². The maximum absolute atomic E-state index is 12.4. The Bertz CT molecular complexity index is 590. The highest BCUT2D eigenvalue weighted by atomic mass is 16.5. The number of rotatable bonds is 6. The summed E-state index contributed by atoms with van der Waals surface area (Å²) in [6.07, 6.45) is 1.11. The average Bonchev–Trinajstić information content (AvgIpc) is 2.88. The van der Waals surface area contributed by atoms with E-state index in [1.807, 2.05) is 6.07 Å². The highest BCUT2D eigenvalue weighted by molar-refractivity contribution is 5.82. The zero-order chi connectivity index (χ0) is 17.8. The van der Waals surface area contributed by atoms with Crippen LogP contribution in [0.2, 0.25) is 0 Å². The molecule has 1 amide bonds. The van der Waals surface area contributed by atoms with Crippen LogP contribution in [0.1, 0.15) is 26.3 Å². The lowest BCUT2D eigenvalue weighted by molar-refractivity contribution is -0.121. The van der Waals surface area contributed by atoms with Crippen molar-refractivity contribution in [1.29, 1.82) is 0 Å². The SMILES string of the molecule is CC(C)CN1CCO[C@@H](CNC(=O)CN2c3ccccc3C[C@@H]2C)C1. The summed E-state index contributed by atoms with van der Waals surface area (Å²) in [5.74, 6) is 0.734. The van der Waals surface area contributed by atoms with Crippen molar-refractivity contribution in [2.45, 2.75) is 39.3 Å². The largest absolute Gasteiger partial charge is 0.374 e. The number of carbonyl (C=O) groups excluding carboxylic acids is 1. The van der Waals surface area contributed by atoms with Crippen LogP contribution in [-0.2, 0) is 16.0 Å². The maximum Gasteiger partial charge on any atom is 0.239 e. The van der Waals surface area contributed by atoms with Crippen LogP contribution < -0.4 is 10.2 Å². The topological polar surface area (TPSA) is 44.8 Å². The first-order chi connectivity index (χ1) is 12.0. The molecule has 1 aromatic rings. The van der Waals surface area contributed by atoms with Gasteiger partial charge in [-0.2, -0.15) is 0 Å². The molecule has 1 saturated heterocycles. The van der Waals surface area contributed by atoms with E-state index in [1.165, 1.54) is 11.3 Å². The van der Waals surface area contributed by atoms with Crippen molar-refractivity contribution >= 4 is 11.6 Å². The van der Waals surface area contributed by atoms with Crippen molar-refractivity contribution in [3.05, 3.63) is 29.8 Å². The Morgan fingerprint density at radius 3 is 2.96 bits per heavy atom. The molecule has 5 nitrogen and oxygen atoms in total. The molecule has 2 aliphatic heterocycles. The summed E-state index contributed by atoms with van der Waals surface area (Å²) in [7, 11) is 0. The van der Waals surface area contributed by atoms with Gasteiger partial charge < -0.3 is 15.0 Å². The van der Waals surface area contributed by atoms with E-state index in [4.69, 9.17) is 4.74 Å². The number of hydrogen-bond donors (Lipinski definition) is 1. The summed E-state index contributed by atoms with van der Waals surface area (Å²) in [4.78, 5) is 17.1. The lowest BCUT2D eigenvalue weighted by Crippen LogP contribution is -2.49. The Hall–Kier alpha value is -1.59. The maximum atomic E-state index is 12.4. The number of hydrogen-bond acceptors (Lipinski definition) is 4. The third-order valence-electron chi connectivity index (χ3n) is 5.04. The second-order valence-corrected chi connectivity index (χ2v) is 7.76. The molecular weight excluding hydrogens is 314 g/mol. The van der Waals surface area contributed by atoms with Crippen LogP contribution in [0.5, 0.6) is 0 Å². The summed E-state index contributed by atoms with van der Waals surface area (Å²) < 4.78 is 5.82. The normalized spacial score (nSPS) is 23.8. The van der Waals surface area contributed by atoms with E-state index in [0.29, 0.717) is 25.0 Å². The van der Waals surface area contributed by atoms with E-state index >= 15 is 0 Å². The van der Waals surface area contributed by atoms with Crippen LogP contribution in [0.4, 0.5) is 5.69 Å². The zero-order valence-corrected chi connectivity index (χ0v) is 15.7. The fourth-order valence-corrected chi connectivity index (χ4v) is 3.89. The van der Waals surface area contributed by atoms with Gasteiger partial charge in [-0.05, 0) is 30.9 Å². The van der Waals surface area contributed by atoms with E-state index in [2.05, 4.69) is 54.1 Å². The molecule has 138 valence electrons. The third-order valence-corrected chi connectivity index (χ3v) is 5.04. The molecule has 1 N–H and O–H groups in total. The van der Waals surface area contributed by atoms with Gasteiger partial charge >= 0.3 is 0 Å². The molecule has 2 atom stereocenters. The number of carbonyl (C=O) groups is 1. The first kappa shape index (κ1) is 18.2. The summed E-state index contributed by atoms with van der Waals surface area (Å²) in [6.45, 7) is 11.4. The molecule has 2 heterocycles. The van der Waals surface area contributed by atoms with Gasteiger partial charge in [0.05, 0.1) is 19.3 Å². The van der Waals surface area contributed by atoms with Crippen molar-refractivity contribution in [3.63, 3.8) is 0 Å². The van der Waals surface area contributed by atoms with Crippen molar-refractivity contribution in [2.24, 2.45) is 5.92 Å². The predicted molar refractivity (Wildman–Crippen MR) is 101 cm³/mol. The highest BCUT2D eigenvalue weighted by Crippen LogP contribution is 2.31. The number of nitrogens with one attached hydrogen (secondary N) is 1. The highest BCUT2D eigenvalue weighted by Gasteiger charge is 2.27. The Balaban J connectivity index is 1.47. The van der Waals surface area contributed by atoms with E-state index < -0.39 is 0 Å². The van der Waals surface area contributed by atoms with Crippen LogP contribution in [-0.4, -0.2) is 62.3 Å². The van der Waals surface area contributed by atoms with Gasteiger partial charge in [0.1, 0.15) is 0 Å². The van der Waals surface area contributed by atoms with Crippen LogP contribution in [0.3, 0.4) is 0 Å². The molecule has 0 bridgehead atoms. The van der Waals surface area contributed by atoms with E-state index in [1.54, 1.807) is 0 Å². The quantitative estimate of drug-likeness (QED) is 0.855. The third kappa shape index (κ3) is 4.73. The predicted octanol–water partition coefficient (Wildman–Crippen LogP) is 1.91. The molecule has 0 saturated carbocycles. The molecule has 0 unspecified atom stereocenters. The number of ether oxygens (including phenoxy) is 1. The van der Waals surface area contributed by atoms with Crippen molar-refractivity contribution in [1.82, 2.24) is 10.2 Å². The molecular formula is C20H31N3O2. The molecule has 25 heavy (non-hydrogen) atoms. The number of benzene rings is 1. The second-order valence-electron chi connectivity index (χ2n) is 7.76. The van der Waals surface area contributed by atoms with Crippen molar-refractivity contribution in [2.75, 3.05) is 44.2 Å². The van der Waals surface area contributed by atoms with E-state index in [9.17, 15) is 4.79 Å². The first-order valence-corrected chi connectivity index (χ1v) is 9.48. The van der Waals surface area contributed by atoms with E-state index in [0.717, 1.165) is 32.7 Å². The van der Waals surface area contributed by atoms with Gasteiger partial charge in [-0.1, -0.05) is 32.0 Å². The molecule has 0 radical (unpaired) electrons. The van der Waals surface area contributed by atoms with Crippen LogP contribution >= 0.6 is 0 Å². The molecule has 0 spiro atoms. The molecule has 1 fully saturated rings. The second kappa shape index (κ2) is 8.19. The Morgan fingerprint density at radius 2 is 2.16 bits per heavy atom. The lowest BCUT2D eigenvalue weighted by Gasteiger charge is -2.34. The monoisotopic (exact) mass is 345 g/mol. The number of morpholine rings is 1. The minimum Gasteiger partial charge on any atom is -0.374 e. The smallest absolute Gasteiger partial charge is 0.239 e. The van der Waals surface area contributed by atoms with Gasteiger partial charge in [-0.3, -0.25) is 9.69 Å². The van der Waals surface area contributed by atoms with Gasteiger partial charge in [0.2, 0.25) is 5.91 Å². The van der Waals surface area contributed by atoms with E-state index in [-0.39, 0.29) is 12.0 Å². The van der Waals surface area contributed by atoms with Gasteiger partial charge in [0.25, 0.3) is 0 Å². The molecule has 0 aliphatic carbocycles. The number of amides is 1. The van der Waals surface area contributed by atoms with Gasteiger partial charge in [-0.25, -0.2) is 0 Å². The first-order valence-electron chi connectivity index (χ1n) is 9.48. The number of para-hydroxylation sites is 1. The Morgan fingerprint density at radius 1 is 1.36 bits per heavy atom. The van der Waals surface area contributed by atoms with Crippen LogP contribution in [0.15, 0.2) is 24.3 Å². The van der Waals surface area contributed by atoms with Crippen LogP contribution in [0.25, 0.3) is 0 Å². The number of fused-ring (bicyclic) bond motifs is 1. The van der Waals surface area contributed by atoms with Crippen molar-refractivity contribution in [3.8, 4) is 0 Å². The zero-order valence-electron chi connectivity index (χ0n) is 15.7. The minimum absolute atomic E-state index is 0.0770. The summed E-state index contributed by atoms with van der Waals surface area (Å²) in [5.41, 5.74) is 2.53. The lowest BCUT2D eigenvalue weighted by atomic mass is 10.1. The summed E-state index contributed by atoms with van der Waals surface area (Å²) >= 11 is 0. The molecule has 3 rings (SSSR count). The number of anilines is 1. The molecule has 0 aromatic heterocycles. The summed E-state index contributed by atoms with van der Waals surface area (Å²) in [6, 6.07) is 8.75.